The molecule has 15 heteroatoms. The first-order valence-electron chi connectivity index (χ1n) is 14.1. The van der Waals surface area contributed by atoms with E-state index in [2.05, 4.69) is 20.9 Å². The number of rotatable bonds is 21. The smallest absolute Gasteiger partial charge is 0.326 e. The van der Waals surface area contributed by atoms with Crippen LogP contribution in [-0.2, 0) is 25.6 Å². The van der Waals surface area contributed by atoms with Gasteiger partial charge >= 0.3 is 5.97 Å². The maximum Gasteiger partial charge on any atom is 0.326 e. The van der Waals surface area contributed by atoms with Crippen LogP contribution in [0.15, 0.2) is 29.3 Å². The Bertz CT molecular complexity index is 1020. The number of aromatic hydroxyl groups is 1. The van der Waals surface area contributed by atoms with E-state index in [4.69, 9.17) is 28.7 Å². The number of unbranched alkanes of at least 4 members (excludes halogenated alkanes) is 2. The summed E-state index contributed by atoms with van der Waals surface area (Å²) >= 11 is 0. The second-order valence-electron chi connectivity index (χ2n) is 10.0. The van der Waals surface area contributed by atoms with Gasteiger partial charge in [-0.3, -0.25) is 19.4 Å². The SMILES string of the molecule is NCCCCC(NC(=O)C(N)CCCN=C(N)N)C(=O)NC(CCCCN)C(=O)NC(Cc1ccc(O)cc1)C(=O)O. The zero-order valence-electron chi connectivity index (χ0n) is 24.0. The third-order valence-electron chi connectivity index (χ3n) is 6.45. The summed E-state index contributed by atoms with van der Waals surface area (Å²) in [5.41, 5.74) is 28.4. The molecule has 4 unspecified atom stereocenters. The molecule has 1 aromatic rings. The maximum absolute atomic E-state index is 13.3. The largest absolute Gasteiger partial charge is 0.508 e. The van der Waals surface area contributed by atoms with Crippen molar-refractivity contribution in [1.82, 2.24) is 16.0 Å². The molecule has 0 aliphatic heterocycles. The Morgan fingerprint density at radius 2 is 1.24 bits per heavy atom. The van der Waals surface area contributed by atoms with E-state index in [-0.39, 0.29) is 37.4 Å². The highest BCUT2D eigenvalue weighted by molar-refractivity contribution is 5.94. The van der Waals surface area contributed by atoms with Crippen molar-refractivity contribution < 1.29 is 29.4 Å². The summed E-state index contributed by atoms with van der Waals surface area (Å²) in [6, 6.07) is 1.67. The standard InChI is InChI=1S/C27H47N9O6/c28-13-3-1-7-20(34-23(38)19(30)6-5-15-33-27(31)32)24(39)35-21(8-2-4-14-29)25(40)36-22(26(41)42)16-17-9-11-18(37)12-10-17/h9-12,19-22,37H,1-8,13-16,28-30H2,(H,34,38)(H,35,39)(H,36,40)(H,41,42)(H4,31,32,33). The Hall–Kier alpha value is -3.95. The van der Waals surface area contributed by atoms with Crippen molar-refractivity contribution in [2.75, 3.05) is 19.6 Å². The molecule has 0 spiro atoms. The number of phenols is 1. The highest BCUT2D eigenvalue weighted by Gasteiger charge is 2.30. The van der Waals surface area contributed by atoms with E-state index in [0.29, 0.717) is 57.3 Å². The number of carboxylic acids is 1. The number of hydrogen-bond acceptors (Lipinski definition) is 9. The van der Waals surface area contributed by atoms with Crippen molar-refractivity contribution in [3.63, 3.8) is 0 Å². The minimum atomic E-state index is -1.28. The lowest BCUT2D eigenvalue weighted by Crippen LogP contribution is -2.57. The lowest BCUT2D eigenvalue weighted by molar-refractivity contribution is -0.142. The molecule has 0 saturated heterocycles. The van der Waals surface area contributed by atoms with E-state index in [1.54, 1.807) is 12.1 Å². The van der Waals surface area contributed by atoms with Gasteiger partial charge in [0.1, 0.15) is 23.9 Å². The molecular formula is C27H47N9O6. The highest BCUT2D eigenvalue weighted by atomic mass is 16.4. The zero-order chi connectivity index (χ0) is 31.5. The summed E-state index contributed by atoms with van der Waals surface area (Å²) in [6.07, 6.45) is 3.38. The molecule has 0 saturated carbocycles. The maximum atomic E-state index is 13.3. The fourth-order valence-electron chi connectivity index (χ4n) is 4.06. The minimum absolute atomic E-state index is 0.0253. The lowest BCUT2D eigenvalue weighted by atomic mass is 10.0. The molecule has 0 aliphatic rings. The summed E-state index contributed by atoms with van der Waals surface area (Å²) < 4.78 is 0. The van der Waals surface area contributed by atoms with E-state index in [1.165, 1.54) is 12.1 Å². The summed E-state index contributed by atoms with van der Waals surface area (Å²) in [5, 5.41) is 27.0. The van der Waals surface area contributed by atoms with Crippen molar-refractivity contribution >= 4 is 29.7 Å². The predicted molar refractivity (Wildman–Crippen MR) is 159 cm³/mol. The van der Waals surface area contributed by atoms with Crippen LogP contribution in [0.1, 0.15) is 56.9 Å². The van der Waals surface area contributed by atoms with Gasteiger partial charge < -0.3 is 54.8 Å². The molecule has 15 N–H and O–H groups in total. The number of carbonyl (C=O) groups is 4. The second-order valence-corrected chi connectivity index (χ2v) is 10.0. The van der Waals surface area contributed by atoms with E-state index in [9.17, 15) is 29.4 Å². The minimum Gasteiger partial charge on any atom is -0.508 e. The molecule has 0 heterocycles. The Kier molecular flexibility index (Phi) is 17.2. The lowest BCUT2D eigenvalue weighted by Gasteiger charge is -2.25. The molecule has 1 rings (SSSR count). The van der Waals surface area contributed by atoms with Gasteiger partial charge in [0.2, 0.25) is 17.7 Å². The molecular weight excluding hydrogens is 546 g/mol. The molecule has 0 aromatic heterocycles. The number of aliphatic imine (C=N–C) groups is 1. The van der Waals surface area contributed by atoms with Gasteiger partial charge in [-0.2, -0.15) is 0 Å². The molecule has 236 valence electrons. The molecule has 0 bridgehead atoms. The predicted octanol–water partition coefficient (Wildman–Crippen LogP) is -1.89. The van der Waals surface area contributed by atoms with E-state index >= 15 is 0 Å². The van der Waals surface area contributed by atoms with Crippen molar-refractivity contribution in [3.05, 3.63) is 29.8 Å². The van der Waals surface area contributed by atoms with Crippen molar-refractivity contribution in [1.29, 1.82) is 0 Å². The average Bonchev–Trinajstić information content (AvgIpc) is 2.94. The summed E-state index contributed by atoms with van der Waals surface area (Å²) in [6.45, 7) is 1.07. The van der Waals surface area contributed by atoms with Crippen LogP contribution < -0.4 is 44.6 Å². The average molecular weight is 594 g/mol. The molecule has 1 aromatic carbocycles. The van der Waals surface area contributed by atoms with Crippen LogP contribution in [0.3, 0.4) is 0 Å². The van der Waals surface area contributed by atoms with Gasteiger partial charge in [-0.15, -0.1) is 0 Å². The molecule has 0 radical (unpaired) electrons. The van der Waals surface area contributed by atoms with Crippen LogP contribution in [0.25, 0.3) is 0 Å². The number of nitrogens with two attached hydrogens (primary N) is 5. The van der Waals surface area contributed by atoms with Crippen LogP contribution in [0.4, 0.5) is 0 Å². The van der Waals surface area contributed by atoms with Crippen LogP contribution in [0.5, 0.6) is 5.75 Å². The highest BCUT2D eigenvalue weighted by Crippen LogP contribution is 2.12. The third kappa shape index (κ3) is 14.6. The number of guanidine groups is 1. The van der Waals surface area contributed by atoms with E-state index < -0.39 is 47.9 Å². The molecule has 15 nitrogen and oxygen atoms in total. The van der Waals surface area contributed by atoms with Gasteiger partial charge in [-0.1, -0.05) is 12.1 Å². The fourth-order valence-corrected chi connectivity index (χ4v) is 4.06. The number of carboxylic acid groups (broad SMARTS) is 1. The first-order chi connectivity index (χ1) is 20.0. The number of hydrogen-bond donors (Lipinski definition) is 10. The van der Waals surface area contributed by atoms with Crippen molar-refractivity contribution in [2.45, 2.75) is 82.0 Å². The number of aliphatic carboxylic acids is 1. The van der Waals surface area contributed by atoms with Gasteiger partial charge in [0.05, 0.1) is 6.04 Å². The van der Waals surface area contributed by atoms with Gasteiger partial charge in [0.25, 0.3) is 0 Å². The molecule has 0 aliphatic carbocycles. The number of carbonyl (C=O) groups excluding carboxylic acids is 3. The first kappa shape index (κ1) is 36.1. The molecule has 42 heavy (non-hydrogen) atoms. The fraction of sp³-hybridized carbons (Fsp3) is 0.593. The van der Waals surface area contributed by atoms with E-state index in [1.807, 2.05) is 0 Å². The molecule has 0 fully saturated rings. The Morgan fingerprint density at radius 3 is 1.71 bits per heavy atom. The number of benzene rings is 1. The van der Waals surface area contributed by atoms with Crippen LogP contribution >= 0.6 is 0 Å². The third-order valence-corrected chi connectivity index (χ3v) is 6.45. The monoisotopic (exact) mass is 593 g/mol. The quantitative estimate of drug-likeness (QED) is 0.0427. The normalized spacial score (nSPS) is 13.7. The second kappa shape index (κ2) is 20.0. The van der Waals surface area contributed by atoms with Crippen LogP contribution in [-0.4, -0.2) is 83.7 Å². The topological polar surface area (TPSA) is 287 Å². The summed E-state index contributed by atoms with van der Waals surface area (Å²) in [7, 11) is 0. The number of amides is 3. The Balaban J connectivity index is 2.98. The van der Waals surface area contributed by atoms with Gasteiger partial charge in [-0.05, 0) is 82.2 Å². The number of nitrogens with one attached hydrogen (secondary N) is 3. The Morgan fingerprint density at radius 1 is 0.738 bits per heavy atom. The van der Waals surface area contributed by atoms with Gasteiger partial charge in [0.15, 0.2) is 5.96 Å². The first-order valence-corrected chi connectivity index (χ1v) is 14.1. The van der Waals surface area contributed by atoms with Crippen LogP contribution in [0.2, 0.25) is 0 Å². The van der Waals surface area contributed by atoms with E-state index in [0.717, 1.165) is 0 Å². The molecule has 4 atom stereocenters. The summed E-state index contributed by atoms with van der Waals surface area (Å²) in [4.78, 5) is 55.1. The van der Waals surface area contributed by atoms with Crippen molar-refractivity contribution in [2.24, 2.45) is 33.7 Å². The van der Waals surface area contributed by atoms with Crippen molar-refractivity contribution in [3.8, 4) is 5.75 Å². The van der Waals surface area contributed by atoms with Gasteiger partial charge in [-0.25, -0.2) is 4.79 Å². The zero-order valence-corrected chi connectivity index (χ0v) is 24.0. The molecule has 3 amide bonds. The number of nitrogens with zero attached hydrogens (tertiary/aromatic N) is 1. The summed E-state index contributed by atoms with van der Waals surface area (Å²) in [5.74, 6) is -3.13. The number of phenolic OH excluding ortho intramolecular Hbond substituents is 1. The van der Waals surface area contributed by atoms with Gasteiger partial charge in [0, 0.05) is 13.0 Å². The van der Waals surface area contributed by atoms with Crippen LogP contribution in [0, 0.1) is 0 Å². The Labute approximate surface area is 246 Å².